The van der Waals surface area contributed by atoms with Crippen molar-refractivity contribution in [2.45, 2.75) is 20.8 Å². The van der Waals surface area contributed by atoms with E-state index in [9.17, 15) is 4.79 Å². The van der Waals surface area contributed by atoms with Crippen molar-refractivity contribution in [3.63, 3.8) is 0 Å². The van der Waals surface area contributed by atoms with E-state index in [1.165, 1.54) is 7.11 Å². The van der Waals surface area contributed by atoms with Gasteiger partial charge in [-0.1, -0.05) is 0 Å². The third-order valence-electron chi connectivity index (χ3n) is 5.00. The Morgan fingerprint density at radius 2 is 1.51 bits per heavy atom. The van der Waals surface area contributed by atoms with Gasteiger partial charge in [-0.05, 0) is 63.2 Å². The summed E-state index contributed by atoms with van der Waals surface area (Å²) in [7, 11) is 3.09. The van der Waals surface area contributed by atoms with E-state index in [0.717, 1.165) is 11.4 Å². The molecule has 180 valence electrons. The zero-order valence-electron chi connectivity index (χ0n) is 20.1. The van der Waals surface area contributed by atoms with E-state index in [-0.39, 0.29) is 0 Å². The number of nitrogens with one attached hydrogen (secondary N) is 2. The molecule has 2 aromatic carbocycles. The van der Waals surface area contributed by atoms with E-state index >= 15 is 0 Å². The number of ether oxygens (including phenoxy) is 3. The topological polar surface area (TPSA) is 112 Å². The van der Waals surface area contributed by atoms with Crippen molar-refractivity contribution in [3.05, 3.63) is 71.8 Å². The number of carbonyl (C=O) groups excluding carboxylic acids is 1. The number of rotatable bonds is 7. The zero-order valence-corrected chi connectivity index (χ0v) is 20.1. The first-order valence-corrected chi connectivity index (χ1v) is 10.8. The molecule has 0 atom stereocenters. The van der Waals surface area contributed by atoms with Gasteiger partial charge in [0.1, 0.15) is 11.6 Å². The van der Waals surface area contributed by atoms with Crippen LogP contribution in [0.15, 0.2) is 54.6 Å². The maximum atomic E-state index is 12.4. The lowest BCUT2D eigenvalue weighted by atomic mass is 10.2. The van der Waals surface area contributed by atoms with Crippen LogP contribution in [0, 0.1) is 20.8 Å². The van der Waals surface area contributed by atoms with Gasteiger partial charge in [0.25, 0.3) is 0 Å². The molecule has 4 rings (SSSR count). The molecule has 0 radical (unpaired) electrons. The molecule has 10 nitrogen and oxygen atoms in total. The summed E-state index contributed by atoms with van der Waals surface area (Å²) in [5.74, 6) is 3.25. The third-order valence-corrected chi connectivity index (χ3v) is 5.00. The molecule has 2 aromatic heterocycles. The fourth-order valence-corrected chi connectivity index (χ4v) is 3.48. The van der Waals surface area contributed by atoms with Crippen molar-refractivity contribution in [1.82, 2.24) is 19.7 Å². The Balaban J connectivity index is 1.41. The van der Waals surface area contributed by atoms with E-state index < -0.39 is 6.03 Å². The predicted molar refractivity (Wildman–Crippen MR) is 132 cm³/mol. The molecule has 0 aliphatic heterocycles. The van der Waals surface area contributed by atoms with E-state index in [1.54, 1.807) is 67.2 Å². The number of aryl methyl sites for hydroxylation is 3. The van der Waals surface area contributed by atoms with Gasteiger partial charge in [-0.2, -0.15) is 10.1 Å². The summed E-state index contributed by atoms with van der Waals surface area (Å²) in [4.78, 5) is 21.2. The monoisotopic (exact) mass is 474 g/mol. The lowest BCUT2D eigenvalue weighted by Crippen LogP contribution is -2.19. The van der Waals surface area contributed by atoms with Crippen molar-refractivity contribution in [2.75, 3.05) is 24.9 Å². The van der Waals surface area contributed by atoms with E-state index in [2.05, 4.69) is 25.7 Å². The van der Waals surface area contributed by atoms with Crippen LogP contribution in [0.1, 0.15) is 17.2 Å². The lowest BCUT2D eigenvalue weighted by Gasteiger charge is -2.12. The standard InChI is InChI=1S/C25H26N6O4/c1-15-12-16(2)31(30-15)23-14-24(27-17(3)26-23)35-20-9-6-18(7-10-20)28-25(32)29-19-8-11-21(33-4)22(13-19)34-5/h6-14H,1-5H3,(H2,28,29,32). The first-order valence-electron chi connectivity index (χ1n) is 10.8. The highest BCUT2D eigenvalue weighted by atomic mass is 16.5. The van der Waals surface area contributed by atoms with Gasteiger partial charge in [-0.25, -0.2) is 14.5 Å². The number of hydrogen-bond acceptors (Lipinski definition) is 7. The Hall–Kier alpha value is -4.60. The Morgan fingerprint density at radius 1 is 0.829 bits per heavy atom. The molecule has 0 unspecified atom stereocenters. The summed E-state index contributed by atoms with van der Waals surface area (Å²) in [6.45, 7) is 5.69. The average Bonchev–Trinajstić information content (AvgIpc) is 3.17. The largest absolute Gasteiger partial charge is 0.493 e. The Labute approximate surface area is 202 Å². The summed E-state index contributed by atoms with van der Waals surface area (Å²) in [5, 5.41) is 10.0. The minimum absolute atomic E-state index is 0.395. The number of anilines is 2. The first-order chi connectivity index (χ1) is 16.8. The molecule has 2 N–H and O–H groups in total. The number of nitrogens with zero attached hydrogens (tertiary/aromatic N) is 4. The summed E-state index contributed by atoms with van der Waals surface area (Å²) in [6, 6.07) is 15.4. The van der Waals surface area contributed by atoms with Crippen LogP contribution in [0.25, 0.3) is 5.82 Å². The number of methoxy groups -OCH3 is 2. The van der Waals surface area contributed by atoms with Crippen LogP contribution >= 0.6 is 0 Å². The minimum Gasteiger partial charge on any atom is -0.493 e. The quantitative estimate of drug-likeness (QED) is 0.386. The van der Waals surface area contributed by atoms with Gasteiger partial charge in [-0.15, -0.1) is 0 Å². The van der Waals surface area contributed by atoms with Gasteiger partial charge in [0.05, 0.1) is 19.9 Å². The fourth-order valence-electron chi connectivity index (χ4n) is 3.48. The SMILES string of the molecule is COc1ccc(NC(=O)Nc2ccc(Oc3cc(-n4nc(C)cc4C)nc(C)n3)cc2)cc1OC. The number of benzene rings is 2. The minimum atomic E-state index is -0.396. The summed E-state index contributed by atoms with van der Waals surface area (Å²) < 4.78 is 18.1. The van der Waals surface area contributed by atoms with Crippen LogP contribution in [-0.4, -0.2) is 40.0 Å². The molecule has 4 aromatic rings. The lowest BCUT2D eigenvalue weighted by molar-refractivity contribution is 0.262. The number of hydrogen-bond donors (Lipinski definition) is 2. The molecular weight excluding hydrogens is 448 g/mol. The summed E-state index contributed by atoms with van der Waals surface area (Å²) in [5.41, 5.74) is 3.03. The van der Waals surface area contributed by atoms with Crippen molar-refractivity contribution >= 4 is 17.4 Å². The summed E-state index contributed by atoms with van der Waals surface area (Å²) in [6.07, 6.45) is 0. The van der Waals surface area contributed by atoms with Crippen LogP contribution in [-0.2, 0) is 0 Å². The summed E-state index contributed by atoms with van der Waals surface area (Å²) >= 11 is 0. The van der Waals surface area contributed by atoms with E-state index in [0.29, 0.717) is 46.1 Å². The predicted octanol–water partition coefficient (Wildman–Crippen LogP) is 5.04. The van der Waals surface area contributed by atoms with Crippen LogP contribution in [0.2, 0.25) is 0 Å². The van der Waals surface area contributed by atoms with Gasteiger partial charge in [0, 0.05) is 29.2 Å². The van der Waals surface area contributed by atoms with Crippen LogP contribution in [0.4, 0.5) is 16.2 Å². The van der Waals surface area contributed by atoms with E-state index in [1.807, 2.05) is 19.9 Å². The van der Waals surface area contributed by atoms with Gasteiger partial charge < -0.3 is 24.8 Å². The molecule has 10 heteroatoms. The molecule has 0 bridgehead atoms. The molecule has 0 saturated carbocycles. The third kappa shape index (κ3) is 5.67. The molecule has 2 heterocycles. The number of urea groups is 1. The molecule has 0 fully saturated rings. The molecule has 0 aliphatic rings. The first kappa shape index (κ1) is 23.6. The number of amides is 2. The zero-order chi connectivity index (χ0) is 24.9. The second-order valence-electron chi connectivity index (χ2n) is 7.73. The fraction of sp³-hybridized carbons (Fsp3) is 0.200. The number of aromatic nitrogens is 4. The van der Waals surface area contributed by atoms with Crippen molar-refractivity contribution in [3.8, 4) is 28.9 Å². The van der Waals surface area contributed by atoms with Gasteiger partial charge >= 0.3 is 6.03 Å². The molecule has 0 spiro atoms. The van der Waals surface area contributed by atoms with Gasteiger partial charge in [0.2, 0.25) is 5.88 Å². The second-order valence-corrected chi connectivity index (χ2v) is 7.73. The highest BCUT2D eigenvalue weighted by molar-refractivity contribution is 5.99. The van der Waals surface area contributed by atoms with Crippen molar-refractivity contribution < 1.29 is 19.0 Å². The van der Waals surface area contributed by atoms with Crippen LogP contribution < -0.4 is 24.8 Å². The molecule has 0 aliphatic carbocycles. The Morgan fingerprint density at radius 3 is 2.17 bits per heavy atom. The van der Waals surface area contributed by atoms with E-state index in [4.69, 9.17) is 14.2 Å². The van der Waals surface area contributed by atoms with Crippen molar-refractivity contribution in [1.29, 1.82) is 0 Å². The normalized spacial score (nSPS) is 10.5. The average molecular weight is 475 g/mol. The maximum Gasteiger partial charge on any atom is 0.323 e. The molecule has 35 heavy (non-hydrogen) atoms. The smallest absolute Gasteiger partial charge is 0.323 e. The molecule has 0 saturated heterocycles. The van der Waals surface area contributed by atoms with Crippen LogP contribution in [0.3, 0.4) is 0 Å². The van der Waals surface area contributed by atoms with Crippen LogP contribution in [0.5, 0.6) is 23.1 Å². The second kappa shape index (κ2) is 10.1. The maximum absolute atomic E-state index is 12.4. The van der Waals surface area contributed by atoms with Gasteiger partial charge in [0.15, 0.2) is 17.3 Å². The molecule has 2 amide bonds. The highest BCUT2D eigenvalue weighted by Gasteiger charge is 2.11. The Kier molecular flexibility index (Phi) is 6.81. The van der Waals surface area contributed by atoms with Gasteiger partial charge in [-0.3, -0.25) is 0 Å². The number of carbonyl (C=O) groups is 1. The molecular formula is C25H26N6O4. The highest BCUT2D eigenvalue weighted by Crippen LogP contribution is 2.30. The van der Waals surface area contributed by atoms with Crippen molar-refractivity contribution in [2.24, 2.45) is 0 Å². The Bertz CT molecular complexity index is 1350.